The van der Waals surface area contributed by atoms with Gasteiger partial charge in [0.05, 0.1) is 44.8 Å². The van der Waals surface area contributed by atoms with Gasteiger partial charge >= 0.3 is 0 Å². The van der Waals surface area contributed by atoms with Crippen LogP contribution in [0.5, 0.6) is 0 Å². The Morgan fingerprint density at radius 2 is 0.552 bits per heavy atom. The molecule has 0 unspecified atom stereocenters. The normalized spacial score (nSPS) is 11.8. The van der Waals surface area contributed by atoms with Crippen LogP contribution in [0.1, 0.15) is 0 Å². The molecule has 0 aliphatic rings. The van der Waals surface area contributed by atoms with Crippen molar-refractivity contribution < 1.29 is 0 Å². The Hall–Kier alpha value is -7.82. The van der Waals surface area contributed by atoms with E-state index in [2.05, 4.69) is 182 Å². The summed E-state index contributed by atoms with van der Waals surface area (Å²) in [6.45, 7) is 0. The van der Waals surface area contributed by atoms with E-state index in [1.807, 2.05) is 12.1 Å². The second-order valence-corrected chi connectivity index (χ2v) is 15.0. The van der Waals surface area contributed by atoms with Crippen LogP contribution >= 0.6 is 0 Å². The minimum atomic E-state index is 0.896. The molecule has 0 aliphatic heterocycles. The summed E-state index contributed by atoms with van der Waals surface area (Å²) < 4.78 is 0. The van der Waals surface area contributed by atoms with E-state index in [1.165, 1.54) is 16.2 Å². The smallest absolute Gasteiger partial charge is 0.0972 e. The van der Waals surface area contributed by atoms with Gasteiger partial charge in [-0.2, -0.15) is 0 Å². The summed E-state index contributed by atoms with van der Waals surface area (Å²) in [5, 5.41) is 11.3. The zero-order chi connectivity index (χ0) is 38.2. The van der Waals surface area contributed by atoms with Gasteiger partial charge in [0.15, 0.2) is 0 Å². The molecule has 0 N–H and O–H groups in total. The molecule has 4 heteroatoms. The van der Waals surface area contributed by atoms with Gasteiger partial charge in [0.2, 0.25) is 0 Å². The van der Waals surface area contributed by atoms with E-state index in [4.69, 9.17) is 19.9 Å². The van der Waals surface area contributed by atoms with Crippen molar-refractivity contribution in [3.05, 3.63) is 194 Å². The summed E-state index contributed by atoms with van der Waals surface area (Å²) in [6, 6.07) is 68.5. The molecule has 0 saturated heterocycles. The molecule has 4 nitrogen and oxygen atoms in total. The number of nitrogens with zero attached hydrogens (tertiary/aromatic N) is 4. The van der Waals surface area contributed by atoms with Gasteiger partial charge in [-0.3, -0.25) is 0 Å². The van der Waals surface area contributed by atoms with Crippen molar-refractivity contribution in [1.29, 1.82) is 0 Å². The molecule has 12 rings (SSSR count). The lowest BCUT2D eigenvalue weighted by Gasteiger charge is -2.16. The lowest BCUT2D eigenvalue weighted by atomic mass is 9.89. The highest BCUT2D eigenvalue weighted by molar-refractivity contribution is 6.26. The lowest BCUT2D eigenvalue weighted by molar-refractivity contribution is 1.37. The zero-order valence-corrected chi connectivity index (χ0v) is 31.3. The quantitative estimate of drug-likeness (QED) is 0.169. The Bertz CT molecular complexity index is 3380. The highest BCUT2D eigenvalue weighted by Crippen LogP contribution is 2.42. The van der Waals surface area contributed by atoms with Crippen LogP contribution in [0.25, 0.3) is 121 Å². The molecule has 0 aliphatic carbocycles. The second-order valence-electron chi connectivity index (χ2n) is 15.0. The highest BCUT2D eigenvalue weighted by atomic mass is 14.8. The first-order valence-electron chi connectivity index (χ1n) is 19.6. The van der Waals surface area contributed by atoms with Crippen molar-refractivity contribution in [2.45, 2.75) is 0 Å². The molecular formula is C54H32N4. The molecular weight excluding hydrogens is 705 g/mol. The number of hydrogen-bond acceptors (Lipinski definition) is 4. The number of pyridine rings is 4. The topological polar surface area (TPSA) is 51.6 Å². The maximum Gasteiger partial charge on any atom is 0.0972 e. The fraction of sp³-hybridized carbons (Fsp3) is 0. The zero-order valence-electron chi connectivity index (χ0n) is 31.3. The molecule has 0 saturated carbocycles. The number of hydrogen-bond donors (Lipinski definition) is 0. The van der Waals surface area contributed by atoms with E-state index < -0.39 is 0 Å². The van der Waals surface area contributed by atoms with Crippen LogP contribution in [-0.2, 0) is 0 Å². The third-order valence-corrected chi connectivity index (χ3v) is 11.6. The average molecular weight is 737 g/mol. The molecule has 4 aromatic heterocycles. The second kappa shape index (κ2) is 12.9. The Morgan fingerprint density at radius 1 is 0.241 bits per heavy atom. The minimum Gasteiger partial charge on any atom is -0.245 e. The first kappa shape index (κ1) is 32.4. The van der Waals surface area contributed by atoms with E-state index in [9.17, 15) is 0 Å². The van der Waals surface area contributed by atoms with E-state index in [1.54, 1.807) is 0 Å². The molecule has 0 amide bonds. The molecule has 12 aromatic rings. The standard InChI is InChI=1S/C54H32N4/c1-3-11-33(12-4-1)46-27-23-35-19-21-37-25-29-48(57-53(37)51(35)55-46)44-31-39-32-45(41-16-8-10-18-43(41)50(39)42-17-9-7-15-40(42)44)49-30-26-38-22-20-36-24-28-47(34-13-5-2-6-14-34)56-52(36)54(38)58-49/h1-32H. The predicted octanol–water partition coefficient (Wildman–Crippen LogP) is 14.0. The molecule has 0 radical (unpaired) electrons. The summed E-state index contributed by atoms with van der Waals surface area (Å²) in [5.41, 5.74) is 11.6. The van der Waals surface area contributed by atoms with Crippen LogP contribution in [0.3, 0.4) is 0 Å². The first-order chi connectivity index (χ1) is 28.7. The Balaban J connectivity index is 1.09. The Kier molecular flexibility index (Phi) is 7.20. The van der Waals surface area contributed by atoms with E-state index in [-0.39, 0.29) is 0 Å². The Labute approximate surface area is 333 Å². The van der Waals surface area contributed by atoms with Crippen LogP contribution in [-0.4, -0.2) is 19.9 Å². The van der Waals surface area contributed by atoms with E-state index in [0.29, 0.717) is 0 Å². The van der Waals surface area contributed by atoms with Crippen molar-refractivity contribution in [1.82, 2.24) is 19.9 Å². The fourth-order valence-corrected chi connectivity index (χ4v) is 8.78. The number of rotatable bonds is 4. The maximum atomic E-state index is 5.42. The number of fused-ring (bicyclic) bond motifs is 11. The van der Waals surface area contributed by atoms with Crippen LogP contribution < -0.4 is 0 Å². The van der Waals surface area contributed by atoms with Crippen molar-refractivity contribution in [3.8, 4) is 45.0 Å². The van der Waals surface area contributed by atoms with Crippen molar-refractivity contribution in [3.63, 3.8) is 0 Å². The molecule has 268 valence electrons. The van der Waals surface area contributed by atoms with Gasteiger partial charge < -0.3 is 0 Å². The predicted molar refractivity (Wildman–Crippen MR) is 242 cm³/mol. The Morgan fingerprint density at radius 3 is 0.948 bits per heavy atom. The summed E-state index contributed by atoms with van der Waals surface area (Å²) >= 11 is 0. The summed E-state index contributed by atoms with van der Waals surface area (Å²) in [4.78, 5) is 21.2. The molecule has 0 spiro atoms. The summed E-state index contributed by atoms with van der Waals surface area (Å²) in [6.07, 6.45) is 0. The minimum absolute atomic E-state index is 0.896. The average Bonchev–Trinajstić information content (AvgIpc) is 3.30. The molecule has 8 aromatic carbocycles. The maximum absolute atomic E-state index is 5.42. The van der Waals surface area contributed by atoms with Crippen molar-refractivity contribution in [2.75, 3.05) is 0 Å². The van der Waals surface area contributed by atoms with Crippen LogP contribution in [0.2, 0.25) is 0 Å². The van der Waals surface area contributed by atoms with Crippen molar-refractivity contribution >= 4 is 75.9 Å². The van der Waals surface area contributed by atoms with Gasteiger partial charge in [-0.25, -0.2) is 19.9 Å². The van der Waals surface area contributed by atoms with Crippen LogP contribution in [0, 0.1) is 0 Å². The van der Waals surface area contributed by atoms with Crippen LogP contribution in [0.4, 0.5) is 0 Å². The van der Waals surface area contributed by atoms with Gasteiger partial charge in [0.25, 0.3) is 0 Å². The van der Waals surface area contributed by atoms with Gasteiger partial charge in [0, 0.05) is 43.8 Å². The fourth-order valence-electron chi connectivity index (χ4n) is 8.78. The SMILES string of the molecule is c1ccc(-c2ccc3ccc4ccc(-c5cc6cc(-c7ccc8ccc9ccc(-c%10ccccc%10)nc9c8n7)c7ccccc7c6c6ccccc56)nc4c3n2)cc1. The van der Waals surface area contributed by atoms with Gasteiger partial charge in [-0.1, -0.05) is 158 Å². The van der Waals surface area contributed by atoms with Gasteiger partial charge in [-0.05, 0) is 68.7 Å². The molecule has 58 heavy (non-hydrogen) atoms. The monoisotopic (exact) mass is 736 g/mol. The number of aromatic nitrogens is 4. The van der Waals surface area contributed by atoms with Gasteiger partial charge in [0.1, 0.15) is 0 Å². The van der Waals surface area contributed by atoms with Gasteiger partial charge in [-0.15, -0.1) is 0 Å². The van der Waals surface area contributed by atoms with Crippen molar-refractivity contribution in [2.24, 2.45) is 0 Å². The summed E-state index contributed by atoms with van der Waals surface area (Å²) in [5.74, 6) is 0. The highest BCUT2D eigenvalue weighted by Gasteiger charge is 2.18. The van der Waals surface area contributed by atoms with E-state index >= 15 is 0 Å². The largest absolute Gasteiger partial charge is 0.245 e. The van der Waals surface area contributed by atoms with E-state index in [0.717, 1.165) is 105 Å². The molecule has 0 atom stereocenters. The van der Waals surface area contributed by atoms with Crippen LogP contribution in [0.15, 0.2) is 194 Å². The third-order valence-electron chi connectivity index (χ3n) is 11.6. The molecule has 4 heterocycles. The number of benzene rings is 8. The molecule has 0 fully saturated rings. The first-order valence-corrected chi connectivity index (χ1v) is 19.6. The molecule has 0 bridgehead atoms. The third kappa shape index (κ3) is 5.16. The lowest BCUT2D eigenvalue weighted by Crippen LogP contribution is -1.94. The summed E-state index contributed by atoms with van der Waals surface area (Å²) in [7, 11) is 0.